The third kappa shape index (κ3) is 4.82. The first-order valence-electron chi connectivity index (χ1n) is 7.08. The number of carbonyl (C=O) groups is 1. The number of pyridine rings is 1. The zero-order chi connectivity index (χ0) is 15.1. The summed E-state index contributed by atoms with van der Waals surface area (Å²) in [6.07, 6.45) is 3.44. The lowest BCUT2D eigenvalue weighted by atomic mass is 10.3. The average Bonchev–Trinajstić information content (AvgIpc) is 2.91. The summed E-state index contributed by atoms with van der Waals surface area (Å²) in [4.78, 5) is 20.5. The number of amides is 1. The van der Waals surface area contributed by atoms with E-state index in [2.05, 4.69) is 27.5 Å². The van der Waals surface area contributed by atoms with Gasteiger partial charge in [-0.2, -0.15) is 0 Å². The summed E-state index contributed by atoms with van der Waals surface area (Å²) < 4.78 is 0. The molecule has 0 saturated carbocycles. The Balaban J connectivity index is 1.85. The Hall–Kier alpha value is -1.95. The normalized spacial score (nSPS) is 10.4. The summed E-state index contributed by atoms with van der Waals surface area (Å²) >= 11 is 1.62. The van der Waals surface area contributed by atoms with Crippen molar-refractivity contribution < 1.29 is 4.79 Å². The van der Waals surface area contributed by atoms with Gasteiger partial charge in [0.05, 0.1) is 5.01 Å². The molecule has 0 saturated heterocycles. The third-order valence-electron chi connectivity index (χ3n) is 2.86. The standard InChI is InChI=1S/C15H20N4OS/c1-3-6-16-12-4-7-17-13(9-12)15(20)18-8-5-14-19-11(2)10-21-14/h4,7,9-10H,3,5-6,8H2,1-2H3,(H,16,17)(H,18,20). The number of hydrogen-bond donors (Lipinski definition) is 2. The highest BCUT2D eigenvalue weighted by molar-refractivity contribution is 7.09. The maximum atomic E-state index is 12.0. The Morgan fingerprint density at radius 2 is 2.24 bits per heavy atom. The maximum Gasteiger partial charge on any atom is 0.269 e. The number of anilines is 1. The van der Waals surface area contributed by atoms with Gasteiger partial charge in [-0.15, -0.1) is 11.3 Å². The molecule has 0 atom stereocenters. The van der Waals surface area contributed by atoms with E-state index in [4.69, 9.17) is 0 Å². The first kappa shape index (κ1) is 15.4. The molecule has 0 spiro atoms. The number of nitrogens with one attached hydrogen (secondary N) is 2. The summed E-state index contributed by atoms with van der Waals surface area (Å²) in [7, 11) is 0. The second-order valence-electron chi connectivity index (χ2n) is 4.75. The number of aromatic nitrogens is 2. The molecular formula is C15H20N4OS. The SMILES string of the molecule is CCCNc1ccnc(C(=O)NCCc2nc(C)cs2)c1. The number of thiazole rings is 1. The van der Waals surface area contributed by atoms with Crippen molar-refractivity contribution in [3.8, 4) is 0 Å². The molecule has 0 aliphatic heterocycles. The zero-order valence-corrected chi connectivity index (χ0v) is 13.2. The minimum atomic E-state index is -0.150. The van der Waals surface area contributed by atoms with Crippen LogP contribution in [0.1, 0.15) is 34.5 Å². The van der Waals surface area contributed by atoms with E-state index in [1.54, 1.807) is 23.6 Å². The highest BCUT2D eigenvalue weighted by Gasteiger charge is 2.08. The minimum Gasteiger partial charge on any atom is -0.385 e. The fourth-order valence-electron chi connectivity index (χ4n) is 1.83. The molecular weight excluding hydrogens is 284 g/mol. The van der Waals surface area contributed by atoms with E-state index in [1.165, 1.54) is 0 Å². The molecule has 2 heterocycles. The number of aryl methyl sites for hydroxylation is 1. The topological polar surface area (TPSA) is 66.9 Å². The van der Waals surface area contributed by atoms with Crippen molar-refractivity contribution in [2.24, 2.45) is 0 Å². The van der Waals surface area contributed by atoms with Gasteiger partial charge in [0.25, 0.3) is 5.91 Å². The van der Waals surface area contributed by atoms with Crippen molar-refractivity contribution >= 4 is 22.9 Å². The van der Waals surface area contributed by atoms with Crippen molar-refractivity contribution in [2.75, 3.05) is 18.4 Å². The van der Waals surface area contributed by atoms with Crippen LogP contribution in [-0.4, -0.2) is 29.0 Å². The van der Waals surface area contributed by atoms with E-state index >= 15 is 0 Å². The van der Waals surface area contributed by atoms with Crippen LogP contribution in [-0.2, 0) is 6.42 Å². The van der Waals surface area contributed by atoms with E-state index in [-0.39, 0.29) is 5.91 Å². The summed E-state index contributed by atoms with van der Waals surface area (Å²) in [6.45, 7) is 5.52. The highest BCUT2D eigenvalue weighted by Crippen LogP contribution is 2.09. The van der Waals surface area contributed by atoms with Gasteiger partial charge < -0.3 is 10.6 Å². The van der Waals surface area contributed by atoms with Gasteiger partial charge in [0.2, 0.25) is 0 Å². The molecule has 0 aliphatic carbocycles. The molecule has 21 heavy (non-hydrogen) atoms. The molecule has 0 aromatic carbocycles. The van der Waals surface area contributed by atoms with Gasteiger partial charge >= 0.3 is 0 Å². The second kappa shape index (κ2) is 7.73. The summed E-state index contributed by atoms with van der Waals surface area (Å²) in [5, 5.41) is 9.18. The van der Waals surface area contributed by atoms with E-state index in [0.717, 1.165) is 35.8 Å². The highest BCUT2D eigenvalue weighted by atomic mass is 32.1. The van der Waals surface area contributed by atoms with Crippen molar-refractivity contribution in [2.45, 2.75) is 26.7 Å². The van der Waals surface area contributed by atoms with Crippen LogP contribution >= 0.6 is 11.3 Å². The van der Waals surface area contributed by atoms with Crippen LogP contribution in [0.15, 0.2) is 23.7 Å². The Morgan fingerprint density at radius 1 is 1.38 bits per heavy atom. The summed E-state index contributed by atoms with van der Waals surface area (Å²) in [6, 6.07) is 3.64. The molecule has 0 radical (unpaired) electrons. The predicted octanol–water partition coefficient (Wildman–Crippen LogP) is 2.64. The number of rotatable bonds is 7. The average molecular weight is 304 g/mol. The Labute approximate surface area is 128 Å². The first-order chi connectivity index (χ1) is 10.2. The monoisotopic (exact) mass is 304 g/mol. The van der Waals surface area contributed by atoms with Crippen molar-refractivity contribution in [3.63, 3.8) is 0 Å². The van der Waals surface area contributed by atoms with E-state index in [1.807, 2.05) is 18.4 Å². The van der Waals surface area contributed by atoms with Gasteiger partial charge in [-0.3, -0.25) is 9.78 Å². The predicted molar refractivity (Wildman–Crippen MR) is 85.9 cm³/mol. The molecule has 2 aromatic heterocycles. The molecule has 5 nitrogen and oxygen atoms in total. The Kier molecular flexibility index (Phi) is 5.68. The van der Waals surface area contributed by atoms with Gasteiger partial charge in [-0.25, -0.2) is 4.98 Å². The Morgan fingerprint density at radius 3 is 2.95 bits per heavy atom. The van der Waals surface area contributed by atoms with Crippen LogP contribution in [0.3, 0.4) is 0 Å². The molecule has 0 bridgehead atoms. The van der Waals surface area contributed by atoms with Gasteiger partial charge in [-0.05, 0) is 25.5 Å². The molecule has 0 fully saturated rings. The lowest BCUT2D eigenvalue weighted by molar-refractivity contribution is 0.0949. The van der Waals surface area contributed by atoms with E-state index in [9.17, 15) is 4.79 Å². The fourth-order valence-corrected chi connectivity index (χ4v) is 2.60. The van der Waals surface area contributed by atoms with Gasteiger partial charge in [-0.1, -0.05) is 6.92 Å². The van der Waals surface area contributed by atoms with Crippen LogP contribution in [0.5, 0.6) is 0 Å². The lowest BCUT2D eigenvalue weighted by Crippen LogP contribution is -2.26. The lowest BCUT2D eigenvalue weighted by Gasteiger charge is -2.07. The van der Waals surface area contributed by atoms with Crippen LogP contribution < -0.4 is 10.6 Å². The zero-order valence-electron chi connectivity index (χ0n) is 12.3. The molecule has 2 rings (SSSR count). The van der Waals surface area contributed by atoms with Gasteiger partial charge in [0.15, 0.2) is 0 Å². The Bertz CT molecular complexity index is 597. The molecule has 2 aromatic rings. The summed E-state index contributed by atoms with van der Waals surface area (Å²) in [5.41, 5.74) is 2.39. The van der Waals surface area contributed by atoms with Crippen molar-refractivity contribution in [1.82, 2.24) is 15.3 Å². The van der Waals surface area contributed by atoms with Crippen LogP contribution in [0.4, 0.5) is 5.69 Å². The fraction of sp³-hybridized carbons (Fsp3) is 0.400. The minimum absolute atomic E-state index is 0.150. The van der Waals surface area contributed by atoms with Crippen molar-refractivity contribution in [1.29, 1.82) is 0 Å². The molecule has 112 valence electrons. The molecule has 2 N–H and O–H groups in total. The number of hydrogen-bond acceptors (Lipinski definition) is 5. The molecule has 0 unspecified atom stereocenters. The largest absolute Gasteiger partial charge is 0.385 e. The van der Waals surface area contributed by atoms with E-state index in [0.29, 0.717) is 12.2 Å². The molecule has 1 amide bonds. The van der Waals surface area contributed by atoms with Crippen LogP contribution in [0.25, 0.3) is 0 Å². The molecule has 6 heteroatoms. The van der Waals surface area contributed by atoms with Crippen LogP contribution in [0, 0.1) is 6.92 Å². The van der Waals surface area contributed by atoms with Gasteiger partial charge in [0, 0.05) is 42.5 Å². The number of nitrogens with zero attached hydrogens (tertiary/aromatic N) is 2. The quantitative estimate of drug-likeness (QED) is 0.825. The smallest absolute Gasteiger partial charge is 0.269 e. The van der Waals surface area contributed by atoms with Gasteiger partial charge in [0.1, 0.15) is 5.69 Å². The van der Waals surface area contributed by atoms with Crippen molar-refractivity contribution in [3.05, 3.63) is 40.1 Å². The van der Waals surface area contributed by atoms with E-state index < -0.39 is 0 Å². The maximum absolute atomic E-state index is 12.0. The third-order valence-corrected chi connectivity index (χ3v) is 3.89. The summed E-state index contributed by atoms with van der Waals surface area (Å²) in [5.74, 6) is -0.150. The number of carbonyl (C=O) groups excluding carboxylic acids is 1. The second-order valence-corrected chi connectivity index (χ2v) is 5.69. The van der Waals surface area contributed by atoms with Crippen LogP contribution in [0.2, 0.25) is 0 Å². The molecule has 0 aliphatic rings. The first-order valence-corrected chi connectivity index (χ1v) is 7.96.